The molecule has 3 aromatic carbocycles. The second-order valence-electron chi connectivity index (χ2n) is 9.88. The minimum atomic E-state index is -0.235. The summed E-state index contributed by atoms with van der Waals surface area (Å²) < 4.78 is 12.4. The van der Waals surface area contributed by atoms with Gasteiger partial charge in [-0.3, -0.25) is 4.39 Å². The van der Waals surface area contributed by atoms with Crippen molar-refractivity contribution in [3.8, 4) is 6.07 Å². The van der Waals surface area contributed by atoms with Crippen LogP contribution in [0.3, 0.4) is 0 Å². The molecule has 3 aromatic rings. The average molecular weight is 519 g/mol. The van der Waals surface area contributed by atoms with E-state index in [1.807, 2.05) is 24.3 Å². The van der Waals surface area contributed by atoms with E-state index in [0.717, 1.165) is 67.6 Å². The van der Waals surface area contributed by atoms with Crippen molar-refractivity contribution >= 4 is 34.3 Å². The number of nitriles is 1. The first kappa shape index (κ1) is 25.0. The number of fused-ring (bicyclic) bond motifs is 1. The van der Waals surface area contributed by atoms with Crippen molar-refractivity contribution in [3.05, 3.63) is 104 Å². The van der Waals surface area contributed by atoms with E-state index in [4.69, 9.17) is 23.2 Å². The fraction of sp³-hybridized carbons (Fsp3) is 0.323. The zero-order chi connectivity index (χ0) is 25.1. The maximum absolute atomic E-state index is 12.4. The molecule has 1 aliphatic heterocycles. The summed E-state index contributed by atoms with van der Waals surface area (Å²) in [6.45, 7) is 2.73. The smallest absolute Gasteiger partial charge is 0.0991 e. The predicted molar refractivity (Wildman–Crippen MR) is 147 cm³/mol. The first-order valence-corrected chi connectivity index (χ1v) is 13.4. The quantitative estimate of drug-likeness (QED) is 0.316. The number of hydrogen-bond donors (Lipinski definition) is 0. The number of nitrogens with zero attached hydrogens (tertiary/aromatic N) is 2. The van der Waals surface area contributed by atoms with Crippen LogP contribution in [0.5, 0.6) is 0 Å². The van der Waals surface area contributed by atoms with E-state index in [2.05, 4.69) is 41.3 Å². The van der Waals surface area contributed by atoms with Crippen LogP contribution in [0.4, 0.5) is 4.39 Å². The van der Waals surface area contributed by atoms with Crippen LogP contribution in [-0.2, 0) is 12.8 Å². The molecule has 0 saturated carbocycles. The molecule has 5 heteroatoms. The van der Waals surface area contributed by atoms with Crippen molar-refractivity contribution in [2.24, 2.45) is 5.92 Å². The number of halogens is 3. The molecule has 0 radical (unpaired) electrons. The summed E-state index contributed by atoms with van der Waals surface area (Å²) in [6.07, 6.45) is 4.53. The van der Waals surface area contributed by atoms with Crippen LogP contribution in [-0.4, -0.2) is 31.2 Å². The summed E-state index contributed by atoms with van der Waals surface area (Å²) in [6, 6.07) is 22.9. The Morgan fingerprint density at radius 2 is 1.75 bits per heavy atom. The molecule has 0 N–H and O–H groups in total. The Bertz CT molecular complexity index is 1320. The summed E-state index contributed by atoms with van der Waals surface area (Å²) >= 11 is 12.9. The first-order chi connectivity index (χ1) is 17.6. The topological polar surface area (TPSA) is 27.0 Å². The molecule has 0 aromatic heterocycles. The molecular formula is C31H29Cl2FN2. The van der Waals surface area contributed by atoms with Gasteiger partial charge < -0.3 is 4.90 Å². The van der Waals surface area contributed by atoms with Gasteiger partial charge in [-0.05, 0) is 101 Å². The molecule has 0 bridgehead atoms. The molecule has 2 nitrogen and oxygen atoms in total. The molecule has 1 heterocycles. The van der Waals surface area contributed by atoms with Crippen LogP contribution in [0.1, 0.15) is 52.6 Å². The Morgan fingerprint density at radius 3 is 2.47 bits per heavy atom. The highest BCUT2D eigenvalue weighted by Gasteiger charge is 2.26. The van der Waals surface area contributed by atoms with Gasteiger partial charge in [0.15, 0.2) is 0 Å². The normalized spacial score (nSPS) is 16.3. The number of alkyl halides is 1. The van der Waals surface area contributed by atoms with Gasteiger partial charge in [0, 0.05) is 29.7 Å². The Hall–Kier alpha value is -2.64. The minimum Gasteiger partial charge on any atom is -0.303 e. The lowest BCUT2D eigenvalue weighted by molar-refractivity contribution is 0.0968. The van der Waals surface area contributed by atoms with Crippen molar-refractivity contribution in [1.29, 1.82) is 5.26 Å². The Kier molecular flexibility index (Phi) is 7.77. The SMILES string of the molecule is N#Cc1ccc2c(c1)C(c1ccc(CC3CN(CCCF)C3)cc1)=C(c1ccc(Cl)cc1Cl)CCC2. The maximum Gasteiger partial charge on any atom is 0.0991 e. The predicted octanol–water partition coefficient (Wildman–Crippen LogP) is 7.99. The molecule has 2 aliphatic rings. The maximum atomic E-state index is 12.4. The van der Waals surface area contributed by atoms with E-state index in [9.17, 15) is 9.65 Å². The van der Waals surface area contributed by atoms with E-state index in [-0.39, 0.29) is 6.67 Å². The average Bonchev–Trinajstić information content (AvgIpc) is 3.04. The summed E-state index contributed by atoms with van der Waals surface area (Å²) in [4.78, 5) is 2.33. The second kappa shape index (κ2) is 11.2. The standard InChI is InChI=1S/C31H29Cl2FN2/c32-26-11-12-27(30(33)17-26)28-4-1-3-24-8-7-22(18-35)16-29(24)31(28)25-9-5-21(6-10-25)15-23-19-36(20-23)14-2-13-34/h5-12,16-17,23H,1-4,13-15,19-20H2. The third-order valence-electron chi connectivity index (χ3n) is 7.35. The monoisotopic (exact) mass is 518 g/mol. The molecule has 184 valence electrons. The van der Waals surface area contributed by atoms with E-state index < -0.39 is 0 Å². The van der Waals surface area contributed by atoms with Crippen LogP contribution in [0.25, 0.3) is 11.1 Å². The highest BCUT2D eigenvalue weighted by molar-refractivity contribution is 6.36. The van der Waals surface area contributed by atoms with E-state index >= 15 is 0 Å². The Balaban J connectivity index is 1.51. The van der Waals surface area contributed by atoms with Crippen molar-refractivity contribution in [1.82, 2.24) is 4.90 Å². The number of aryl methyl sites for hydroxylation is 1. The summed E-state index contributed by atoms with van der Waals surface area (Å²) in [5.74, 6) is 0.634. The fourth-order valence-electron chi connectivity index (χ4n) is 5.59. The minimum absolute atomic E-state index is 0.235. The van der Waals surface area contributed by atoms with Crippen molar-refractivity contribution in [3.63, 3.8) is 0 Å². The molecule has 0 atom stereocenters. The van der Waals surface area contributed by atoms with Crippen LogP contribution < -0.4 is 0 Å². The summed E-state index contributed by atoms with van der Waals surface area (Å²) in [5.41, 5.74) is 8.83. The van der Waals surface area contributed by atoms with Gasteiger partial charge in [-0.15, -0.1) is 0 Å². The molecule has 1 fully saturated rings. The highest BCUT2D eigenvalue weighted by atomic mass is 35.5. The van der Waals surface area contributed by atoms with E-state index in [0.29, 0.717) is 27.9 Å². The lowest BCUT2D eigenvalue weighted by atomic mass is 9.86. The van der Waals surface area contributed by atoms with Crippen LogP contribution in [0, 0.1) is 17.2 Å². The lowest BCUT2D eigenvalue weighted by Crippen LogP contribution is -2.47. The van der Waals surface area contributed by atoms with Gasteiger partial charge in [0.05, 0.1) is 18.3 Å². The van der Waals surface area contributed by atoms with E-state index in [1.54, 1.807) is 6.07 Å². The van der Waals surface area contributed by atoms with Gasteiger partial charge >= 0.3 is 0 Å². The van der Waals surface area contributed by atoms with Crippen LogP contribution >= 0.6 is 23.2 Å². The summed E-state index contributed by atoms with van der Waals surface area (Å²) in [5, 5.41) is 10.9. The highest BCUT2D eigenvalue weighted by Crippen LogP contribution is 2.42. The number of rotatable bonds is 7. The number of allylic oxidation sites excluding steroid dienone is 1. The third kappa shape index (κ3) is 5.37. The van der Waals surface area contributed by atoms with Crippen LogP contribution in [0.15, 0.2) is 60.7 Å². The van der Waals surface area contributed by atoms with Crippen molar-refractivity contribution in [2.45, 2.75) is 32.1 Å². The third-order valence-corrected chi connectivity index (χ3v) is 7.89. The molecule has 0 unspecified atom stereocenters. The first-order valence-electron chi connectivity index (χ1n) is 12.7. The molecule has 0 spiro atoms. The van der Waals surface area contributed by atoms with Gasteiger partial charge in [0.1, 0.15) is 0 Å². The zero-order valence-electron chi connectivity index (χ0n) is 20.2. The molecule has 5 rings (SSSR count). The van der Waals surface area contributed by atoms with Gasteiger partial charge in [0.2, 0.25) is 0 Å². The number of likely N-dealkylation sites (tertiary alicyclic amines) is 1. The Morgan fingerprint density at radius 1 is 0.944 bits per heavy atom. The zero-order valence-corrected chi connectivity index (χ0v) is 21.8. The molecule has 0 amide bonds. The lowest BCUT2D eigenvalue weighted by Gasteiger charge is -2.39. The molecular weight excluding hydrogens is 490 g/mol. The van der Waals surface area contributed by atoms with Gasteiger partial charge in [-0.2, -0.15) is 5.26 Å². The number of hydrogen-bond acceptors (Lipinski definition) is 2. The molecule has 1 saturated heterocycles. The Labute approximate surface area is 223 Å². The summed E-state index contributed by atoms with van der Waals surface area (Å²) in [7, 11) is 0. The molecule has 36 heavy (non-hydrogen) atoms. The number of benzene rings is 3. The van der Waals surface area contributed by atoms with Gasteiger partial charge in [-0.1, -0.05) is 59.6 Å². The van der Waals surface area contributed by atoms with Crippen molar-refractivity contribution in [2.75, 3.05) is 26.3 Å². The largest absolute Gasteiger partial charge is 0.303 e. The van der Waals surface area contributed by atoms with E-state index in [1.165, 1.54) is 16.7 Å². The second-order valence-corrected chi connectivity index (χ2v) is 10.7. The fourth-order valence-corrected chi connectivity index (χ4v) is 6.11. The van der Waals surface area contributed by atoms with Gasteiger partial charge in [-0.25, -0.2) is 0 Å². The van der Waals surface area contributed by atoms with Gasteiger partial charge in [0.25, 0.3) is 0 Å². The van der Waals surface area contributed by atoms with Crippen LogP contribution in [0.2, 0.25) is 10.0 Å². The van der Waals surface area contributed by atoms with Crippen molar-refractivity contribution < 1.29 is 4.39 Å². The molecule has 1 aliphatic carbocycles.